The Morgan fingerprint density at radius 2 is 1.71 bits per heavy atom. The number of nitrogens with one attached hydrogen (secondary N) is 2. The van der Waals surface area contributed by atoms with Gasteiger partial charge in [-0.1, -0.05) is 35.2 Å². The van der Waals surface area contributed by atoms with E-state index < -0.39 is 23.4 Å². The molecule has 0 unspecified atom stereocenters. The van der Waals surface area contributed by atoms with Crippen molar-refractivity contribution in [2.24, 2.45) is 0 Å². The van der Waals surface area contributed by atoms with Crippen LogP contribution in [0.2, 0.25) is 0 Å². The van der Waals surface area contributed by atoms with Crippen LogP contribution < -0.4 is 10.6 Å². The lowest BCUT2D eigenvalue weighted by molar-refractivity contribution is -0.137. The molecule has 2 N–H and O–H groups in total. The number of amides is 5. The molecule has 1 saturated heterocycles. The molecule has 3 rings (SSSR count). The number of rotatable bonds is 5. The Bertz CT molecular complexity index is 790. The van der Waals surface area contributed by atoms with E-state index in [-0.39, 0.29) is 19.0 Å². The van der Waals surface area contributed by atoms with E-state index in [9.17, 15) is 19.2 Å². The normalized spacial score (nSPS) is 18.5. The molecule has 2 aliphatic rings. The van der Waals surface area contributed by atoms with Crippen molar-refractivity contribution < 1.29 is 19.2 Å². The molecule has 1 aromatic carbocycles. The first-order valence-electron chi connectivity index (χ1n) is 9.25. The van der Waals surface area contributed by atoms with Crippen LogP contribution in [-0.4, -0.2) is 59.2 Å². The quantitative estimate of drug-likeness (QED) is 0.670. The molecule has 1 aliphatic heterocycles. The predicted molar refractivity (Wildman–Crippen MR) is 106 cm³/mol. The van der Waals surface area contributed by atoms with Gasteiger partial charge in [0.2, 0.25) is 11.8 Å². The average molecular weight is 451 g/mol. The molecule has 1 heterocycles. The van der Waals surface area contributed by atoms with Crippen LogP contribution in [0.4, 0.5) is 10.5 Å². The molecule has 9 heteroatoms. The Balaban J connectivity index is 1.53. The van der Waals surface area contributed by atoms with Crippen LogP contribution in [0.5, 0.6) is 0 Å². The number of anilines is 1. The van der Waals surface area contributed by atoms with E-state index in [1.165, 1.54) is 4.90 Å². The minimum atomic E-state index is -0.811. The SMILES string of the molecule is CN1C(=O)N(CC(=O)NCC(=O)Nc2ccc(Br)cc2)C(=O)C12CCCCC2. The summed E-state index contributed by atoms with van der Waals surface area (Å²) < 4.78 is 0.888. The number of halogens is 1. The third kappa shape index (κ3) is 4.04. The lowest BCUT2D eigenvalue weighted by Gasteiger charge is -2.35. The zero-order valence-corrected chi connectivity index (χ0v) is 17.3. The van der Waals surface area contributed by atoms with Crippen LogP contribution in [0.1, 0.15) is 32.1 Å². The zero-order valence-electron chi connectivity index (χ0n) is 15.7. The summed E-state index contributed by atoms with van der Waals surface area (Å²) in [7, 11) is 1.62. The summed E-state index contributed by atoms with van der Waals surface area (Å²) in [5.74, 6) is -1.25. The van der Waals surface area contributed by atoms with Crippen molar-refractivity contribution in [1.82, 2.24) is 15.1 Å². The highest BCUT2D eigenvalue weighted by atomic mass is 79.9. The second-order valence-electron chi connectivity index (χ2n) is 7.16. The topological polar surface area (TPSA) is 98.8 Å². The van der Waals surface area contributed by atoms with Gasteiger partial charge in [0.05, 0.1) is 6.54 Å². The molecule has 2 fully saturated rings. The third-order valence-electron chi connectivity index (χ3n) is 5.36. The Morgan fingerprint density at radius 1 is 1.07 bits per heavy atom. The van der Waals surface area contributed by atoms with Gasteiger partial charge in [-0.3, -0.25) is 19.3 Å². The molecule has 1 spiro atoms. The first kappa shape index (κ1) is 20.3. The predicted octanol–water partition coefficient (Wildman–Crippen LogP) is 2.10. The summed E-state index contributed by atoms with van der Waals surface area (Å²) >= 11 is 3.31. The van der Waals surface area contributed by atoms with E-state index in [1.807, 2.05) is 0 Å². The van der Waals surface area contributed by atoms with Gasteiger partial charge in [-0.2, -0.15) is 0 Å². The van der Waals surface area contributed by atoms with Crippen LogP contribution in [0.25, 0.3) is 0 Å². The van der Waals surface area contributed by atoms with Gasteiger partial charge in [-0.05, 0) is 37.1 Å². The number of carbonyl (C=O) groups is 4. The van der Waals surface area contributed by atoms with E-state index in [2.05, 4.69) is 26.6 Å². The molecule has 150 valence electrons. The van der Waals surface area contributed by atoms with Crippen molar-refractivity contribution in [1.29, 1.82) is 0 Å². The van der Waals surface area contributed by atoms with Gasteiger partial charge >= 0.3 is 6.03 Å². The monoisotopic (exact) mass is 450 g/mol. The Hall–Kier alpha value is -2.42. The van der Waals surface area contributed by atoms with Gasteiger partial charge in [-0.15, -0.1) is 0 Å². The molecule has 0 aromatic heterocycles. The number of benzene rings is 1. The Kier molecular flexibility index (Phi) is 6.02. The number of hydrogen-bond acceptors (Lipinski definition) is 4. The van der Waals surface area contributed by atoms with Crippen LogP contribution >= 0.6 is 15.9 Å². The van der Waals surface area contributed by atoms with Crippen molar-refractivity contribution in [3.05, 3.63) is 28.7 Å². The first-order valence-corrected chi connectivity index (χ1v) is 10.0. The maximum absolute atomic E-state index is 12.8. The maximum atomic E-state index is 12.8. The molecule has 28 heavy (non-hydrogen) atoms. The summed E-state index contributed by atoms with van der Waals surface area (Å²) in [4.78, 5) is 52.0. The fourth-order valence-electron chi connectivity index (χ4n) is 3.79. The fraction of sp³-hybridized carbons (Fsp3) is 0.474. The molecule has 1 aliphatic carbocycles. The van der Waals surface area contributed by atoms with Gasteiger partial charge < -0.3 is 15.5 Å². The molecular formula is C19H23BrN4O4. The minimum absolute atomic E-state index is 0.244. The van der Waals surface area contributed by atoms with Crippen LogP contribution in [0.3, 0.4) is 0 Å². The zero-order chi connectivity index (χ0) is 20.3. The van der Waals surface area contributed by atoms with Crippen LogP contribution in [0, 0.1) is 0 Å². The largest absolute Gasteiger partial charge is 0.345 e. The van der Waals surface area contributed by atoms with Crippen LogP contribution in [0.15, 0.2) is 28.7 Å². The highest BCUT2D eigenvalue weighted by Gasteiger charge is 2.55. The van der Waals surface area contributed by atoms with Gasteiger partial charge in [0.1, 0.15) is 12.1 Å². The van der Waals surface area contributed by atoms with Crippen molar-refractivity contribution in [3.8, 4) is 0 Å². The lowest BCUT2D eigenvalue weighted by atomic mass is 9.81. The summed E-state index contributed by atoms with van der Waals surface area (Å²) in [6, 6.07) is 6.57. The highest BCUT2D eigenvalue weighted by Crippen LogP contribution is 2.39. The highest BCUT2D eigenvalue weighted by molar-refractivity contribution is 9.10. The number of nitrogens with zero attached hydrogens (tertiary/aromatic N) is 2. The fourth-order valence-corrected chi connectivity index (χ4v) is 4.05. The minimum Gasteiger partial charge on any atom is -0.345 e. The molecule has 0 radical (unpaired) electrons. The molecule has 0 bridgehead atoms. The third-order valence-corrected chi connectivity index (χ3v) is 5.89. The Labute approximate surface area is 171 Å². The number of likely N-dealkylation sites (N-methyl/N-ethyl adjacent to an activating group) is 1. The summed E-state index contributed by atoms with van der Waals surface area (Å²) in [6.07, 6.45) is 4.08. The number of carbonyl (C=O) groups excluding carboxylic acids is 4. The standard InChI is InChI=1S/C19H23BrN4O4/c1-23-18(28)24(17(27)19(23)9-3-2-4-10-19)12-16(26)21-11-15(25)22-14-7-5-13(20)6-8-14/h5-8H,2-4,9-12H2,1H3,(H,21,26)(H,22,25). The van der Waals surface area contributed by atoms with Gasteiger partial charge in [0.25, 0.3) is 5.91 Å². The van der Waals surface area contributed by atoms with E-state index in [0.29, 0.717) is 18.5 Å². The number of imide groups is 1. The van der Waals surface area contributed by atoms with Crippen molar-refractivity contribution in [2.45, 2.75) is 37.6 Å². The number of urea groups is 1. The second-order valence-corrected chi connectivity index (χ2v) is 8.07. The Morgan fingerprint density at radius 3 is 2.36 bits per heavy atom. The summed E-state index contributed by atoms with van der Waals surface area (Å²) in [6.45, 7) is -0.624. The van der Waals surface area contributed by atoms with Gasteiger partial charge in [0.15, 0.2) is 0 Å². The van der Waals surface area contributed by atoms with Crippen molar-refractivity contribution >= 4 is 45.4 Å². The number of hydrogen-bond donors (Lipinski definition) is 2. The molecule has 8 nitrogen and oxygen atoms in total. The van der Waals surface area contributed by atoms with Crippen LogP contribution in [-0.2, 0) is 14.4 Å². The van der Waals surface area contributed by atoms with E-state index in [0.717, 1.165) is 28.6 Å². The molecule has 1 aromatic rings. The average Bonchev–Trinajstić information content (AvgIpc) is 2.85. The smallest absolute Gasteiger partial charge is 0.327 e. The van der Waals surface area contributed by atoms with Crippen molar-refractivity contribution in [3.63, 3.8) is 0 Å². The maximum Gasteiger partial charge on any atom is 0.327 e. The summed E-state index contributed by atoms with van der Waals surface area (Å²) in [5, 5.41) is 5.12. The van der Waals surface area contributed by atoms with E-state index in [1.54, 1.807) is 31.3 Å². The van der Waals surface area contributed by atoms with Gasteiger partial charge in [0, 0.05) is 17.2 Å². The van der Waals surface area contributed by atoms with Gasteiger partial charge in [-0.25, -0.2) is 4.79 Å². The summed E-state index contributed by atoms with van der Waals surface area (Å²) in [5.41, 5.74) is -0.206. The van der Waals surface area contributed by atoms with Crippen molar-refractivity contribution in [2.75, 3.05) is 25.5 Å². The van der Waals surface area contributed by atoms with E-state index in [4.69, 9.17) is 0 Å². The lowest BCUT2D eigenvalue weighted by Crippen LogP contribution is -2.49. The molecule has 1 saturated carbocycles. The molecule has 0 atom stereocenters. The first-order chi connectivity index (χ1) is 13.3. The van der Waals surface area contributed by atoms with E-state index >= 15 is 0 Å². The molecule has 5 amide bonds. The molecular weight excluding hydrogens is 428 g/mol. The second kappa shape index (κ2) is 8.30.